The zero-order valence-electron chi connectivity index (χ0n) is 53.5. The van der Waals surface area contributed by atoms with E-state index in [-0.39, 0.29) is 31.1 Å². The van der Waals surface area contributed by atoms with E-state index in [4.69, 9.17) is 14.2 Å². The summed E-state index contributed by atoms with van der Waals surface area (Å²) < 4.78 is 16.9. The third-order valence-corrected chi connectivity index (χ3v) is 14.4. The first-order valence-corrected chi connectivity index (χ1v) is 34.2. The van der Waals surface area contributed by atoms with Crippen LogP contribution in [0.2, 0.25) is 0 Å². The normalized spacial score (nSPS) is 13.0. The summed E-state index contributed by atoms with van der Waals surface area (Å²) in [5.41, 5.74) is 0. The Morgan fingerprint density at radius 1 is 0.256 bits per heavy atom. The van der Waals surface area contributed by atoms with Gasteiger partial charge in [-0.2, -0.15) is 0 Å². The summed E-state index contributed by atoms with van der Waals surface area (Å²) in [5, 5.41) is 0. The third-order valence-electron chi connectivity index (χ3n) is 14.4. The van der Waals surface area contributed by atoms with Crippen molar-refractivity contribution in [3.63, 3.8) is 0 Å². The van der Waals surface area contributed by atoms with Crippen LogP contribution in [-0.2, 0) is 28.6 Å². The van der Waals surface area contributed by atoms with Crippen molar-refractivity contribution >= 4 is 17.9 Å². The summed E-state index contributed by atoms with van der Waals surface area (Å²) in [5.74, 6) is -0.925. The molecule has 6 nitrogen and oxygen atoms in total. The van der Waals surface area contributed by atoms with Gasteiger partial charge in [0.1, 0.15) is 13.2 Å². The summed E-state index contributed by atoms with van der Waals surface area (Å²) in [6.45, 7) is 6.47. The molecular weight excluding hydrogens is 1010 g/mol. The Morgan fingerprint density at radius 2 is 0.476 bits per heavy atom. The van der Waals surface area contributed by atoms with Crippen LogP contribution < -0.4 is 0 Å². The predicted molar refractivity (Wildman–Crippen MR) is 357 cm³/mol. The first kappa shape index (κ1) is 77.5. The Bertz CT molecular complexity index is 1730. The molecule has 0 radical (unpaired) electrons. The molecule has 0 amide bonds. The van der Waals surface area contributed by atoms with Gasteiger partial charge in [-0.15, -0.1) is 0 Å². The second kappa shape index (κ2) is 69.0. The molecule has 0 rings (SSSR count). The average Bonchev–Trinajstić information content (AvgIpc) is 3.47. The highest BCUT2D eigenvalue weighted by molar-refractivity contribution is 5.71. The standard InChI is InChI=1S/C76H126O6/c1-4-7-10-13-16-19-21-23-25-27-29-31-33-35-36-37-38-39-40-42-43-45-47-49-51-53-55-57-60-63-66-69-75(78)81-72-73(71-80-74(77)68-65-62-59-18-15-12-9-6-3)82-76(79)70-67-64-61-58-56-54-52-50-48-46-44-41-34-32-30-28-26-24-22-20-17-14-11-8-5-2/h7,10,16,19,22-25,28-31,35-36,38-39,42-43,47,49,53,55,73H,4-6,8-9,11-15,17-18,20-21,26-27,32-34,37,40-41,44-46,48,50-52,54,56-72H2,1-3H3/b10-7-,19-16-,24-22-,25-23-,30-28-,31-29-,36-35-,39-38-,43-42-,49-47-,55-53-. The quantitative estimate of drug-likeness (QED) is 0.0261. The maximum atomic E-state index is 12.9. The van der Waals surface area contributed by atoms with Crippen molar-refractivity contribution in [3.05, 3.63) is 134 Å². The predicted octanol–water partition coefficient (Wildman–Crippen LogP) is 23.7. The summed E-state index contributed by atoms with van der Waals surface area (Å²) in [6, 6.07) is 0. The third kappa shape index (κ3) is 66.4. The average molecular weight is 1140 g/mol. The SMILES string of the molecule is CC/C=C\C/C=C\C/C=C\C/C=C\C/C=C\C/C=C\C/C=C\C/C=C\C/C=C\CCCCCC(=O)OCC(COC(=O)CCCCCCCCCC)OC(=O)CCCCCCCCCCCCCCC/C=C\C/C=C\CCCCCCC. The number of hydrogen-bond donors (Lipinski definition) is 0. The molecule has 466 valence electrons. The Balaban J connectivity index is 4.25. The van der Waals surface area contributed by atoms with Crippen molar-refractivity contribution < 1.29 is 28.6 Å². The van der Waals surface area contributed by atoms with Crippen LogP contribution in [0.1, 0.15) is 310 Å². The Labute approximate surface area is 506 Å². The van der Waals surface area contributed by atoms with Gasteiger partial charge in [0, 0.05) is 19.3 Å². The highest BCUT2D eigenvalue weighted by Crippen LogP contribution is 2.16. The van der Waals surface area contributed by atoms with Gasteiger partial charge < -0.3 is 14.2 Å². The van der Waals surface area contributed by atoms with E-state index in [0.29, 0.717) is 19.3 Å². The number of carbonyl (C=O) groups is 3. The Morgan fingerprint density at radius 3 is 0.756 bits per heavy atom. The fraction of sp³-hybridized carbons (Fsp3) is 0.671. The van der Waals surface area contributed by atoms with Crippen LogP contribution in [0.25, 0.3) is 0 Å². The fourth-order valence-electron chi connectivity index (χ4n) is 9.29. The maximum Gasteiger partial charge on any atom is 0.306 e. The van der Waals surface area contributed by atoms with E-state index >= 15 is 0 Å². The van der Waals surface area contributed by atoms with Gasteiger partial charge in [0.2, 0.25) is 0 Å². The van der Waals surface area contributed by atoms with E-state index in [1.54, 1.807) is 0 Å². The molecule has 0 saturated carbocycles. The Hall–Kier alpha value is -4.45. The summed E-state index contributed by atoms with van der Waals surface area (Å²) in [6.07, 6.45) is 97.7. The second-order valence-electron chi connectivity index (χ2n) is 22.4. The van der Waals surface area contributed by atoms with E-state index in [1.165, 1.54) is 141 Å². The molecule has 1 unspecified atom stereocenters. The zero-order chi connectivity index (χ0) is 59.2. The van der Waals surface area contributed by atoms with Gasteiger partial charge in [-0.25, -0.2) is 0 Å². The van der Waals surface area contributed by atoms with Gasteiger partial charge in [-0.1, -0.05) is 302 Å². The lowest BCUT2D eigenvalue weighted by Crippen LogP contribution is -2.30. The van der Waals surface area contributed by atoms with Gasteiger partial charge in [0.05, 0.1) is 0 Å². The molecule has 0 N–H and O–H groups in total. The van der Waals surface area contributed by atoms with Gasteiger partial charge in [0.25, 0.3) is 0 Å². The van der Waals surface area contributed by atoms with E-state index in [9.17, 15) is 14.4 Å². The van der Waals surface area contributed by atoms with Crippen molar-refractivity contribution in [3.8, 4) is 0 Å². The topological polar surface area (TPSA) is 78.9 Å². The van der Waals surface area contributed by atoms with Crippen LogP contribution >= 0.6 is 0 Å². The van der Waals surface area contributed by atoms with Crippen molar-refractivity contribution in [1.82, 2.24) is 0 Å². The van der Waals surface area contributed by atoms with Gasteiger partial charge in [-0.3, -0.25) is 14.4 Å². The first-order valence-electron chi connectivity index (χ1n) is 34.2. The van der Waals surface area contributed by atoms with Crippen LogP contribution in [0.5, 0.6) is 0 Å². The minimum absolute atomic E-state index is 0.0899. The first-order chi connectivity index (χ1) is 40.5. The van der Waals surface area contributed by atoms with Crippen molar-refractivity contribution in [2.24, 2.45) is 0 Å². The number of allylic oxidation sites excluding steroid dienone is 22. The summed E-state index contributed by atoms with van der Waals surface area (Å²) in [4.78, 5) is 38.2. The molecule has 0 saturated heterocycles. The van der Waals surface area contributed by atoms with Crippen LogP contribution in [-0.4, -0.2) is 37.2 Å². The monoisotopic (exact) mass is 1130 g/mol. The molecule has 6 heteroatoms. The largest absolute Gasteiger partial charge is 0.462 e. The Kier molecular flexibility index (Phi) is 65.3. The number of carbonyl (C=O) groups excluding carboxylic acids is 3. The second-order valence-corrected chi connectivity index (χ2v) is 22.4. The highest BCUT2D eigenvalue weighted by Gasteiger charge is 2.19. The fourth-order valence-corrected chi connectivity index (χ4v) is 9.29. The number of hydrogen-bond acceptors (Lipinski definition) is 6. The lowest BCUT2D eigenvalue weighted by molar-refractivity contribution is -0.167. The van der Waals surface area contributed by atoms with Gasteiger partial charge in [-0.05, 0) is 122 Å². The molecule has 1 atom stereocenters. The molecule has 0 fully saturated rings. The smallest absolute Gasteiger partial charge is 0.306 e. The molecule has 0 aromatic heterocycles. The van der Waals surface area contributed by atoms with Crippen LogP contribution in [0.3, 0.4) is 0 Å². The minimum Gasteiger partial charge on any atom is -0.462 e. The summed E-state index contributed by atoms with van der Waals surface area (Å²) in [7, 11) is 0. The van der Waals surface area contributed by atoms with E-state index in [1.807, 2.05) is 0 Å². The molecule has 0 aromatic carbocycles. The molecule has 0 heterocycles. The van der Waals surface area contributed by atoms with Crippen LogP contribution in [0.15, 0.2) is 134 Å². The molecule has 0 aromatic rings. The molecule has 82 heavy (non-hydrogen) atoms. The number of unbranched alkanes of at least 4 members (excludes halogenated alkanes) is 28. The molecular formula is C76H126O6. The minimum atomic E-state index is -0.795. The van der Waals surface area contributed by atoms with Gasteiger partial charge >= 0.3 is 17.9 Å². The lowest BCUT2D eigenvalue weighted by atomic mass is 10.0. The molecule has 0 spiro atoms. The number of ether oxygens (including phenoxy) is 3. The van der Waals surface area contributed by atoms with Crippen LogP contribution in [0, 0.1) is 0 Å². The van der Waals surface area contributed by atoms with Crippen LogP contribution in [0.4, 0.5) is 0 Å². The molecule has 0 aliphatic carbocycles. The zero-order valence-corrected chi connectivity index (χ0v) is 53.5. The van der Waals surface area contributed by atoms with Crippen molar-refractivity contribution in [2.75, 3.05) is 13.2 Å². The molecule has 0 bridgehead atoms. The maximum absolute atomic E-state index is 12.9. The molecule has 0 aliphatic rings. The van der Waals surface area contributed by atoms with Gasteiger partial charge in [0.15, 0.2) is 6.10 Å². The number of esters is 3. The molecule has 0 aliphatic heterocycles. The van der Waals surface area contributed by atoms with Crippen molar-refractivity contribution in [2.45, 2.75) is 316 Å². The van der Waals surface area contributed by atoms with Crippen molar-refractivity contribution in [1.29, 1.82) is 0 Å². The van der Waals surface area contributed by atoms with E-state index in [2.05, 4.69) is 154 Å². The van der Waals surface area contributed by atoms with E-state index in [0.717, 1.165) is 128 Å². The lowest BCUT2D eigenvalue weighted by Gasteiger charge is -2.18. The summed E-state index contributed by atoms with van der Waals surface area (Å²) >= 11 is 0. The van der Waals surface area contributed by atoms with E-state index < -0.39 is 6.10 Å². The number of rotatable bonds is 61. The highest BCUT2D eigenvalue weighted by atomic mass is 16.6.